The Morgan fingerprint density at radius 3 is 2.68 bits per heavy atom. The minimum Gasteiger partial charge on any atom is -0.494 e. The van der Waals surface area contributed by atoms with Gasteiger partial charge in [0.15, 0.2) is 0 Å². The second-order valence-corrected chi connectivity index (χ2v) is 5.06. The van der Waals surface area contributed by atoms with Crippen LogP contribution in [0.4, 0.5) is 0 Å². The van der Waals surface area contributed by atoms with Crippen LogP contribution in [0.1, 0.15) is 26.3 Å². The molecule has 1 aromatic rings. The number of rotatable bonds is 7. The summed E-state index contributed by atoms with van der Waals surface area (Å²) in [4.78, 5) is 11.1. The van der Waals surface area contributed by atoms with Gasteiger partial charge in [0.05, 0.1) is 6.61 Å². The highest BCUT2D eigenvalue weighted by Crippen LogP contribution is 2.23. The van der Waals surface area contributed by atoms with Gasteiger partial charge in [-0.1, -0.05) is 25.4 Å². The summed E-state index contributed by atoms with van der Waals surface area (Å²) in [5.74, 6) is -0.116. The third-order valence-electron chi connectivity index (χ3n) is 2.77. The van der Waals surface area contributed by atoms with Crippen LogP contribution in [-0.4, -0.2) is 23.7 Å². The molecule has 0 fully saturated rings. The number of carbonyl (C=O) groups is 1. The van der Waals surface area contributed by atoms with E-state index in [2.05, 4.69) is 5.32 Å². The normalized spacial score (nSPS) is 12.5. The fourth-order valence-corrected chi connectivity index (χ4v) is 2.01. The van der Waals surface area contributed by atoms with Gasteiger partial charge < -0.3 is 9.84 Å². The van der Waals surface area contributed by atoms with Gasteiger partial charge in [-0.3, -0.25) is 10.1 Å². The first-order chi connectivity index (χ1) is 8.95. The van der Waals surface area contributed by atoms with Crippen molar-refractivity contribution < 1.29 is 14.6 Å². The number of ether oxygens (including phenoxy) is 1. The Hall–Kier alpha value is -1.26. The van der Waals surface area contributed by atoms with E-state index in [1.807, 2.05) is 20.8 Å². The van der Waals surface area contributed by atoms with Crippen LogP contribution >= 0.6 is 11.6 Å². The highest BCUT2D eigenvalue weighted by molar-refractivity contribution is 6.30. The molecule has 19 heavy (non-hydrogen) atoms. The van der Waals surface area contributed by atoms with E-state index < -0.39 is 12.0 Å². The molecule has 0 saturated carbocycles. The summed E-state index contributed by atoms with van der Waals surface area (Å²) in [5.41, 5.74) is 0.862. The quantitative estimate of drug-likeness (QED) is 0.809. The smallest absolute Gasteiger partial charge is 0.320 e. The zero-order valence-electron chi connectivity index (χ0n) is 11.4. The van der Waals surface area contributed by atoms with Crippen molar-refractivity contribution in [2.75, 3.05) is 6.61 Å². The molecule has 5 heteroatoms. The van der Waals surface area contributed by atoms with E-state index in [4.69, 9.17) is 21.4 Å². The number of halogens is 1. The molecule has 0 aliphatic carbocycles. The number of carboxylic acid groups (broad SMARTS) is 1. The molecule has 106 valence electrons. The van der Waals surface area contributed by atoms with Gasteiger partial charge in [-0.15, -0.1) is 0 Å². The van der Waals surface area contributed by atoms with Crippen LogP contribution < -0.4 is 10.1 Å². The third-order valence-corrected chi connectivity index (χ3v) is 3.00. The van der Waals surface area contributed by atoms with Gasteiger partial charge in [-0.2, -0.15) is 0 Å². The maximum Gasteiger partial charge on any atom is 0.320 e. The first kappa shape index (κ1) is 15.8. The zero-order valence-corrected chi connectivity index (χ0v) is 12.2. The van der Waals surface area contributed by atoms with E-state index in [0.29, 0.717) is 18.2 Å². The van der Waals surface area contributed by atoms with Crippen LogP contribution in [0.25, 0.3) is 0 Å². The lowest BCUT2D eigenvalue weighted by Gasteiger charge is -2.19. The van der Waals surface area contributed by atoms with Crippen molar-refractivity contribution in [3.63, 3.8) is 0 Å². The van der Waals surface area contributed by atoms with E-state index in [-0.39, 0.29) is 5.92 Å². The third kappa shape index (κ3) is 4.73. The molecular formula is C14H20ClNO3. The molecule has 0 aliphatic rings. The van der Waals surface area contributed by atoms with Gasteiger partial charge in [0.2, 0.25) is 0 Å². The Bertz CT molecular complexity index is 435. The molecule has 0 saturated heterocycles. The number of aliphatic carboxylic acids is 1. The number of nitrogens with one attached hydrogen (secondary N) is 1. The van der Waals surface area contributed by atoms with Crippen LogP contribution in [0.3, 0.4) is 0 Å². The average molecular weight is 286 g/mol. The Labute approximate surface area is 118 Å². The van der Waals surface area contributed by atoms with E-state index in [9.17, 15) is 4.79 Å². The topological polar surface area (TPSA) is 58.6 Å². The molecule has 0 radical (unpaired) electrons. The summed E-state index contributed by atoms with van der Waals surface area (Å²) < 4.78 is 5.50. The van der Waals surface area contributed by atoms with Crippen LogP contribution in [-0.2, 0) is 11.3 Å². The highest BCUT2D eigenvalue weighted by Gasteiger charge is 2.21. The van der Waals surface area contributed by atoms with Gasteiger partial charge in [-0.25, -0.2) is 0 Å². The molecule has 0 bridgehead atoms. The van der Waals surface area contributed by atoms with Crippen molar-refractivity contribution >= 4 is 17.6 Å². The molecule has 4 nitrogen and oxygen atoms in total. The molecule has 0 aromatic heterocycles. The highest BCUT2D eigenvalue weighted by atomic mass is 35.5. The Morgan fingerprint density at radius 2 is 2.16 bits per heavy atom. The number of carboxylic acids is 1. The molecule has 0 amide bonds. The number of hydrogen-bond acceptors (Lipinski definition) is 3. The summed E-state index contributed by atoms with van der Waals surface area (Å²) in [7, 11) is 0. The molecule has 0 heterocycles. The van der Waals surface area contributed by atoms with Crippen molar-refractivity contribution in [2.45, 2.75) is 33.4 Å². The van der Waals surface area contributed by atoms with Crippen molar-refractivity contribution in [1.29, 1.82) is 0 Å². The largest absolute Gasteiger partial charge is 0.494 e. The summed E-state index contributed by atoms with van der Waals surface area (Å²) in [6.45, 7) is 6.60. The van der Waals surface area contributed by atoms with Crippen molar-refractivity contribution in [1.82, 2.24) is 5.32 Å². The number of hydrogen-bond donors (Lipinski definition) is 2. The van der Waals surface area contributed by atoms with Crippen LogP contribution in [0.15, 0.2) is 18.2 Å². The first-order valence-electron chi connectivity index (χ1n) is 6.33. The molecule has 0 aliphatic heterocycles. The molecule has 0 spiro atoms. The summed E-state index contributed by atoms with van der Waals surface area (Å²) >= 11 is 5.96. The van der Waals surface area contributed by atoms with Crippen LogP contribution in [0.5, 0.6) is 5.75 Å². The summed E-state index contributed by atoms with van der Waals surface area (Å²) in [6.07, 6.45) is 0. The zero-order chi connectivity index (χ0) is 14.4. The molecule has 0 unspecified atom stereocenters. The second-order valence-electron chi connectivity index (χ2n) is 4.63. The Kier molecular flexibility index (Phi) is 6.12. The number of benzene rings is 1. The predicted octanol–water partition coefficient (Wildman–Crippen LogP) is 2.94. The summed E-state index contributed by atoms with van der Waals surface area (Å²) in [5, 5.41) is 12.8. The minimum absolute atomic E-state index is 0.00669. The summed E-state index contributed by atoms with van der Waals surface area (Å²) in [6, 6.07) is 4.76. The van der Waals surface area contributed by atoms with Gasteiger partial charge in [-0.05, 0) is 31.0 Å². The van der Waals surface area contributed by atoms with E-state index >= 15 is 0 Å². The molecule has 1 aromatic carbocycles. The van der Waals surface area contributed by atoms with Gasteiger partial charge >= 0.3 is 5.97 Å². The molecule has 1 atom stereocenters. The van der Waals surface area contributed by atoms with Gasteiger partial charge in [0.25, 0.3) is 0 Å². The molecule has 1 rings (SSSR count). The second kappa shape index (κ2) is 7.36. The van der Waals surface area contributed by atoms with Crippen molar-refractivity contribution in [3.8, 4) is 5.75 Å². The standard InChI is InChI=1S/C14H20ClNO3/c1-4-19-12-6-5-11(15)7-10(12)8-16-13(9(2)3)14(17)18/h5-7,9,13,16H,4,8H2,1-3H3,(H,17,18)/t13-/m1/s1. The Morgan fingerprint density at radius 1 is 1.47 bits per heavy atom. The molecular weight excluding hydrogens is 266 g/mol. The van der Waals surface area contributed by atoms with Crippen molar-refractivity contribution in [3.05, 3.63) is 28.8 Å². The van der Waals surface area contributed by atoms with E-state index in [1.54, 1.807) is 18.2 Å². The maximum atomic E-state index is 11.1. The minimum atomic E-state index is -0.852. The van der Waals surface area contributed by atoms with E-state index in [1.165, 1.54) is 0 Å². The maximum absolute atomic E-state index is 11.1. The first-order valence-corrected chi connectivity index (χ1v) is 6.71. The average Bonchev–Trinajstić information content (AvgIpc) is 2.32. The predicted molar refractivity (Wildman–Crippen MR) is 75.7 cm³/mol. The van der Waals surface area contributed by atoms with Crippen LogP contribution in [0, 0.1) is 5.92 Å². The Balaban J connectivity index is 2.80. The van der Waals surface area contributed by atoms with E-state index in [0.717, 1.165) is 11.3 Å². The fourth-order valence-electron chi connectivity index (χ4n) is 1.81. The van der Waals surface area contributed by atoms with Crippen LogP contribution in [0.2, 0.25) is 5.02 Å². The van der Waals surface area contributed by atoms with Gasteiger partial charge in [0, 0.05) is 17.1 Å². The lowest BCUT2D eigenvalue weighted by molar-refractivity contribution is -0.140. The fraction of sp³-hybridized carbons (Fsp3) is 0.500. The van der Waals surface area contributed by atoms with Crippen molar-refractivity contribution in [2.24, 2.45) is 5.92 Å². The van der Waals surface area contributed by atoms with Gasteiger partial charge in [0.1, 0.15) is 11.8 Å². The SMILES string of the molecule is CCOc1ccc(Cl)cc1CN[C@@H](C(=O)O)C(C)C. The lowest BCUT2D eigenvalue weighted by atomic mass is 10.0. The molecule has 2 N–H and O–H groups in total. The lowest BCUT2D eigenvalue weighted by Crippen LogP contribution is -2.40. The monoisotopic (exact) mass is 285 g/mol.